The van der Waals surface area contributed by atoms with Crippen molar-refractivity contribution in [3.05, 3.63) is 0 Å². The number of hydrogen-bond donors (Lipinski definition) is 2. The molecule has 4 atom stereocenters. The zero-order valence-electron chi connectivity index (χ0n) is 11.4. The molecule has 16 heavy (non-hydrogen) atoms. The average molecular weight is 228 g/mol. The lowest BCUT2D eigenvalue weighted by molar-refractivity contribution is -0.0136. The summed E-state index contributed by atoms with van der Waals surface area (Å²) in [6, 6.07) is 0.560. The highest BCUT2D eigenvalue weighted by molar-refractivity contribution is 4.92. The molecular weight excluding hydrogens is 200 g/mol. The lowest BCUT2D eigenvalue weighted by Crippen LogP contribution is -2.57. The molecule has 3 N–H and O–H groups in total. The van der Waals surface area contributed by atoms with E-state index in [1.54, 1.807) is 0 Å². The van der Waals surface area contributed by atoms with Crippen molar-refractivity contribution in [2.24, 2.45) is 17.1 Å². The van der Waals surface area contributed by atoms with Crippen molar-refractivity contribution in [3.63, 3.8) is 0 Å². The molecule has 1 rings (SSSR count). The summed E-state index contributed by atoms with van der Waals surface area (Å²) >= 11 is 0. The van der Waals surface area contributed by atoms with Crippen LogP contribution in [0.3, 0.4) is 0 Å². The van der Waals surface area contributed by atoms with Gasteiger partial charge in [-0.25, -0.2) is 0 Å². The van der Waals surface area contributed by atoms with Crippen LogP contribution in [-0.4, -0.2) is 41.3 Å². The van der Waals surface area contributed by atoms with Gasteiger partial charge in [0, 0.05) is 25.2 Å². The van der Waals surface area contributed by atoms with Crippen molar-refractivity contribution >= 4 is 0 Å². The molecule has 0 aromatic heterocycles. The first kappa shape index (κ1) is 13.9. The van der Waals surface area contributed by atoms with Gasteiger partial charge in [0.05, 0.1) is 6.10 Å². The van der Waals surface area contributed by atoms with Crippen LogP contribution in [0.2, 0.25) is 0 Å². The second-order valence-corrected chi connectivity index (χ2v) is 6.50. The van der Waals surface area contributed by atoms with Gasteiger partial charge in [-0.2, -0.15) is 0 Å². The van der Waals surface area contributed by atoms with E-state index in [1.165, 1.54) is 0 Å². The van der Waals surface area contributed by atoms with E-state index in [-0.39, 0.29) is 17.6 Å². The van der Waals surface area contributed by atoms with Crippen LogP contribution in [0.5, 0.6) is 0 Å². The molecule has 96 valence electrons. The molecular formula is C13H28N2O. The number of hydrogen-bond acceptors (Lipinski definition) is 3. The standard InChI is InChI=1S/C13H28N2O/c1-9-8-15(7-6-11(9)16)12(10(2)14)13(3,4)5/h9-12,16H,6-8,14H2,1-5H3. The molecule has 0 aromatic carbocycles. The highest BCUT2D eigenvalue weighted by Gasteiger charge is 2.36. The Kier molecular flexibility index (Phi) is 4.38. The van der Waals surface area contributed by atoms with Crippen LogP contribution in [0.1, 0.15) is 41.0 Å². The normalized spacial score (nSPS) is 32.4. The van der Waals surface area contributed by atoms with Crippen LogP contribution >= 0.6 is 0 Å². The molecule has 1 heterocycles. The molecule has 1 fully saturated rings. The molecule has 0 saturated carbocycles. The molecule has 0 aromatic rings. The summed E-state index contributed by atoms with van der Waals surface area (Å²) in [5, 5.41) is 9.76. The number of nitrogens with zero attached hydrogens (tertiary/aromatic N) is 1. The molecule has 3 nitrogen and oxygen atoms in total. The lowest BCUT2D eigenvalue weighted by Gasteiger charge is -2.46. The fraction of sp³-hybridized carbons (Fsp3) is 1.00. The Balaban J connectivity index is 2.73. The monoisotopic (exact) mass is 228 g/mol. The quantitative estimate of drug-likeness (QED) is 0.752. The Bertz CT molecular complexity index is 222. The minimum atomic E-state index is -0.134. The minimum absolute atomic E-state index is 0.134. The van der Waals surface area contributed by atoms with E-state index in [9.17, 15) is 5.11 Å². The summed E-state index contributed by atoms with van der Waals surface area (Å²) in [5.74, 6) is 0.359. The largest absolute Gasteiger partial charge is 0.393 e. The van der Waals surface area contributed by atoms with Gasteiger partial charge in [-0.3, -0.25) is 4.90 Å². The maximum absolute atomic E-state index is 9.76. The van der Waals surface area contributed by atoms with Crippen molar-refractivity contribution in [1.29, 1.82) is 0 Å². The van der Waals surface area contributed by atoms with Gasteiger partial charge in [0.2, 0.25) is 0 Å². The first-order chi connectivity index (χ1) is 7.23. The molecule has 0 radical (unpaired) electrons. The number of nitrogens with two attached hydrogens (primary N) is 1. The maximum Gasteiger partial charge on any atom is 0.0590 e. The van der Waals surface area contributed by atoms with Gasteiger partial charge in [0.1, 0.15) is 0 Å². The Morgan fingerprint density at radius 2 is 1.94 bits per heavy atom. The number of likely N-dealkylation sites (tertiary alicyclic amines) is 1. The summed E-state index contributed by atoms with van der Waals surface area (Å²) in [6.07, 6.45) is 0.741. The van der Waals surface area contributed by atoms with Crippen LogP contribution in [0.25, 0.3) is 0 Å². The molecule has 0 bridgehead atoms. The first-order valence-corrected chi connectivity index (χ1v) is 6.41. The van der Waals surface area contributed by atoms with Gasteiger partial charge in [0.25, 0.3) is 0 Å². The van der Waals surface area contributed by atoms with Crippen LogP contribution in [-0.2, 0) is 0 Å². The third-order valence-electron chi connectivity index (χ3n) is 3.67. The van der Waals surface area contributed by atoms with Gasteiger partial charge < -0.3 is 10.8 Å². The lowest BCUT2D eigenvalue weighted by atomic mass is 9.80. The van der Waals surface area contributed by atoms with Crippen LogP contribution in [0.4, 0.5) is 0 Å². The zero-order chi connectivity index (χ0) is 12.5. The molecule has 0 amide bonds. The van der Waals surface area contributed by atoms with Crippen molar-refractivity contribution in [1.82, 2.24) is 4.90 Å². The van der Waals surface area contributed by atoms with Crippen LogP contribution in [0, 0.1) is 11.3 Å². The Hall–Kier alpha value is -0.120. The summed E-state index contributed by atoms with van der Waals surface area (Å²) in [4.78, 5) is 2.46. The molecule has 4 unspecified atom stereocenters. The molecule has 1 aliphatic heterocycles. The number of piperidine rings is 1. The summed E-state index contributed by atoms with van der Waals surface area (Å²) < 4.78 is 0. The molecule has 0 spiro atoms. The minimum Gasteiger partial charge on any atom is -0.393 e. The second-order valence-electron chi connectivity index (χ2n) is 6.50. The predicted octanol–water partition coefficient (Wildman–Crippen LogP) is 1.45. The Morgan fingerprint density at radius 1 is 1.38 bits per heavy atom. The van der Waals surface area contributed by atoms with Crippen LogP contribution < -0.4 is 5.73 Å². The summed E-state index contributed by atoms with van der Waals surface area (Å²) in [5.41, 5.74) is 6.32. The third-order valence-corrected chi connectivity index (χ3v) is 3.67. The molecule has 3 heteroatoms. The fourth-order valence-corrected chi connectivity index (χ4v) is 3.09. The van der Waals surface area contributed by atoms with E-state index >= 15 is 0 Å². The summed E-state index contributed by atoms with van der Waals surface area (Å²) in [6.45, 7) is 12.9. The highest BCUT2D eigenvalue weighted by atomic mass is 16.3. The van der Waals surface area contributed by atoms with E-state index in [1.807, 2.05) is 0 Å². The van der Waals surface area contributed by atoms with Crippen LogP contribution in [0.15, 0.2) is 0 Å². The Morgan fingerprint density at radius 3 is 2.31 bits per heavy atom. The van der Waals surface area contributed by atoms with Gasteiger partial charge in [0.15, 0.2) is 0 Å². The third kappa shape index (κ3) is 3.19. The van der Waals surface area contributed by atoms with Crippen molar-refractivity contribution in [3.8, 4) is 0 Å². The highest BCUT2D eigenvalue weighted by Crippen LogP contribution is 2.30. The number of aliphatic hydroxyl groups excluding tert-OH is 1. The average Bonchev–Trinajstić information content (AvgIpc) is 2.08. The smallest absolute Gasteiger partial charge is 0.0590 e. The molecule has 0 aliphatic carbocycles. The van der Waals surface area contributed by atoms with E-state index in [4.69, 9.17) is 5.73 Å². The first-order valence-electron chi connectivity index (χ1n) is 6.41. The van der Waals surface area contributed by atoms with E-state index in [0.717, 1.165) is 19.5 Å². The maximum atomic E-state index is 9.76. The number of rotatable bonds is 2. The van der Waals surface area contributed by atoms with E-state index in [2.05, 4.69) is 39.5 Å². The molecule has 1 saturated heterocycles. The SMILES string of the molecule is CC(N)C(N1CCC(O)C(C)C1)C(C)(C)C. The number of aliphatic hydroxyl groups is 1. The molecule has 1 aliphatic rings. The second kappa shape index (κ2) is 5.03. The van der Waals surface area contributed by atoms with Gasteiger partial charge in [-0.1, -0.05) is 27.7 Å². The van der Waals surface area contributed by atoms with Gasteiger partial charge in [-0.05, 0) is 24.7 Å². The topological polar surface area (TPSA) is 49.5 Å². The predicted molar refractivity (Wildman–Crippen MR) is 68.3 cm³/mol. The van der Waals surface area contributed by atoms with Crippen molar-refractivity contribution < 1.29 is 5.11 Å². The van der Waals surface area contributed by atoms with Crippen molar-refractivity contribution in [2.45, 2.75) is 59.2 Å². The van der Waals surface area contributed by atoms with Crippen molar-refractivity contribution in [2.75, 3.05) is 13.1 Å². The Labute approximate surface area is 100 Å². The van der Waals surface area contributed by atoms with E-state index < -0.39 is 0 Å². The zero-order valence-corrected chi connectivity index (χ0v) is 11.4. The fourth-order valence-electron chi connectivity index (χ4n) is 3.09. The van der Waals surface area contributed by atoms with Gasteiger partial charge in [-0.15, -0.1) is 0 Å². The van der Waals surface area contributed by atoms with Gasteiger partial charge >= 0.3 is 0 Å². The summed E-state index contributed by atoms with van der Waals surface area (Å²) in [7, 11) is 0. The van der Waals surface area contributed by atoms with E-state index in [0.29, 0.717) is 12.0 Å².